The SMILES string of the molecule is C=CCOc1ccc(C(=O)NC2(C)CCS(=O)(=O)C2)cc1. The van der Waals surface area contributed by atoms with E-state index in [2.05, 4.69) is 11.9 Å². The summed E-state index contributed by atoms with van der Waals surface area (Å²) >= 11 is 0. The molecule has 0 aliphatic carbocycles. The second kappa shape index (κ2) is 5.89. The van der Waals surface area contributed by atoms with Gasteiger partial charge in [0.05, 0.1) is 17.0 Å². The van der Waals surface area contributed by atoms with E-state index in [1.807, 2.05) is 0 Å². The minimum absolute atomic E-state index is 0.00767. The largest absolute Gasteiger partial charge is 0.490 e. The minimum Gasteiger partial charge on any atom is -0.490 e. The number of benzene rings is 1. The molecule has 0 saturated carbocycles. The van der Waals surface area contributed by atoms with Crippen LogP contribution >= 0.6 is 0 Å². The van der Waals surface area contributed by atoms with E-state index < -0.39 is 15.4 Å². The smallest absolute Gasteiger partial charge is 0.251 e. The van der Waals surface area contributed by atoms with E-state index in [9.17, 15) is 13.2 Å². The van der Waals surface area contributed by atoms with E-state index in [0.717, 1.165) is 0 Å². The third-order valence-electron chi connectivity index (χ3n) is 3.40. The Morgan fingerprint density at radius 1 is 1.43 bits per heavy atom. The molecule has 1 aliphatic rings. The topological polar surface area (TPSA) is 72.5 Å². The number of hydrogen-bond acceptors (Lipinski definition) is 4. The molecule has 114 valence electrons. The fraction of sp³-hybridized carbons (Fsp3) is 0.400. The highest BCUT2D eigenvalue weighted by Crippen LogP contribution is 2.23. The molecule has 1 aliphatic heterocycles. The Morgan fingerprint density at radius 2 is 2.10 bits per heavy atom. The van der Waals surface area contributed by atoms with Gasteiger partial charge in [0, 0.05) is 5.56 Å². The number of rotatable bonds is 5. The third kappa shape index (κ3) is 4.07. The van der Waals surface area contributed by atoms with E-state index in [4.69, 9.17) is 4.74 Å². The quantitative estimate of drug-likeness (QED) is 0.838. The van der Waals surface area contributed by atoms with E-state index in [1.54, 1.807) is 37.3 Å². The molecular weight excluding hydrogens is 290 g/mol. The zero-order valence-electron chi connectivity index (χ0n) is 12.0. The lowest BCUT2D eigenvalue weighted by Crippen LogP contribution is -2.46. The second-order valence-electron chi connectivity index (χ2n) is 5.48. The maximum absolute atomic E-state index is 12.2. The van der Waals surface area contributed by atoms with Crippen molar-refractivity contribution < 1.29 is 17.9 Å². The summed E-state index contributed by atoms with van der Waals surface area (Å²) in [4.78, 5) is 12.2. The zero-order valence-corrected chi connectivity index (χ0v) is 12.8. The molecule has 1 aromatic rings. The maximum atomic E-state index is 12.2. The number of amides is 1. The van der Waals surface area contributed by atoms with Crippen LogP contribution < -0.4 is 10.1 Å². The highest BCUT2D eigenvalue weighted by Gasteiger charge is 2.39. The van der Waals surface area contributed by atoms with Crippen molar-refractivity contribution in [3.8, 4) is 5.75 Å². The highest BCUT2D eigenvalue weighted by molar-refractivity contribution is 7.91. The van der Waals surface area contributed by atoms with Gasteiger partial charge in [-0.05, 0) is 37.6 Å². The Morgan fingerprint density at radius 3 is 2.62 bits per heavy atom. The van der Waals surface area contributed by atoms with Crippen molar-refractivity contribution in [3.05, 3.63) is 42.5 Å². The molecule has 1 N–H and O–H groups in total. The van der Waals surface area contributed by atoms with Gasteiger partial charge < -0.3 is 10.1 Å². The predicted molar refractivity (Wildman–Crippen MR) is 81.3 cm³/mol. The summed E-state index contributed by atoms with van der Waals surface area (Å²) in [5, 5.41) is 2.81. The van der Waals surface area contributed by atoms with Gasteiger partial charge in [-0.1, -0.05) is 12.7 Å². The predicted octanol–water partition coefficient (Wildman–Crippen LogP) is 1.56. The molecule has 6 heteroatoms. The molecule has 2 rings (SSSR count). The zero-order chi connectivity index (χ0) is 15.5. The molecule has 0 aromatic heterocycles. The Kier molecular flexibility index (Phi) is 4.37. The van der Waals surface area contributed by atoms with Gasteiger partial charge in [-0.2, -0.15) is 0 Å². The van der Waals surface area contributed by atoms with Crippen LogP contribution in [0.4, 0.5) is 0 Å². The molecule has 1 aromatic carbocycles. The second-order valence-corrected chi connectivity index (χ2v) is 7.66. The average Bonchev–Trinajstić information content (AvgIpc) is 2.70. The number of nitrogens with one attached hydrogen (secondary N) is 1. The Bertz CT molecular complexity index is 636. The van der Waals surface area contributed by atoms with E-state index >= 15 is 0 Å². The Balaban J connectivity index is 2.02. The summed E-state index contributed by atoms with van der Waals surface area (Å²) in [5.41, 5.74) is -0.208. The number of carbonyl (C=O) groups excluding carboxylic acids is 1. The molecule has 0 radical (unpaired) electrons. The summed E-state index contributed by atoms with van der Waals surface area (Å²) < 4.78 is 28.4. The van der Waals surface area contributed by atoms with Crippen LogP contribution in [-0.2, 0) is 9.84 Å². The van der Waals surface area contributed by atoms with Crippen LogP contribution in [-0.4, -0.2) is 38.0 Å². The van der Waals surface area contributed by atoms with Crippen LogP contribution in [0.25, 0.3) is 0 Å². The van der Waals surface area contributed by atoms with E-state index in [0.29, 0.717) is 24.3 Å². The molecule has 0 spiro atoms. The van der Waals surface area contributed by atoms with Crippen LogP contribution in [0.3, 0.4) is 0 Å². The van der Waals surface area contributed by atoms with Gasteiger partial charge in [-0.15, -0.1) is 0 Å². The third-order valence-corrected chi connectivity index (χ3v) is 5.31. The highest BCUT2D eigenvalue weighted by atomic mass is 32.2. The molecular formula is C15H19NO4S. The summed E-state index contributed by atoms with van der Waals surface area (Å²) in [6.45, 7) is 5.73. The number of hydrogen-bond donors (Lipinski definition) is 1. The first-order valence-electron chi connectivity index (χ1n) is 6.70. The van der Waals surface area contributed by atoms with Crippen molar-refractivity contribution >= 4 is 15.7 Å². The van der Waals surface area contributed by atoms with Gasteiger partial charge >= 0.3 is 0 Å². The van der Waals surface area contributed by atoms with Crippen LogP contribution in [0.2, 0.25) is 0 Å². The van der Waals surface area contributed by atoms with Crippen LogP contribution in [0, 0.1) is 0 Å². The van der Waals surface area contributed by atoms with Gasteiger partial charge in [-0.25, -0.2) is 8.42 Å². The average molecular weight is 309 g/mol. The van der Waals surface area contributed by atoms with Crippen LogP contribution in [0.15, 0.2) is 36.9 Å². The first-order chi connectivity index (χ1) is 9.84. The van der Waals surface area contributed by atoms with Crippen LogP contribution in [0.1, 0.15) is 23.7 Å². The van der Waals surface area contributed by atoms with Crippen molar-refractivity contribution in [2.45, 2.75) is 18.9 Å². The summed E-state index contributed by atoms with van der Waals surface area (Å²) in [6.07, 6.45) is 2.09. The normalized spacial score (nSPS) is 23.5. The minimum atomic E-state index is -3.04. The molecule has 0 bridgehead atoms. The van der Waals surface area contributed by atoms with Crippen molar-refractivity contribution in [1.29, 1.82) is 0 Å². The lowest BCUT2D eigenvalue weighted by molar-refractivity contribution is 0.0915. The molecule has 1 unspecified atom stereocenters. The molecule has 1 amide bonds. The monoisotopic (exact) mass is 309 g/mol. The van der Waals surface area contributed by atoms with Gasteiger partial charge in [0.1, 0.15) is 12.4 Å². The first-order valence-corrected chi connectivity index (χ1v) is 8.52. The number of carbonyl (C=O) groups is 1. The molecule has 1 heterocycles. The molecule has 1 saturated heterocycles. The molecule has 1 atom stereocenters. The summed E-state index contributed by atoms with van der Waals surface area (Å²) in [7, 11) is -3.04. The fourth-order valence-corrected chi connectivity index (χ4v) is 4.41. The van der Waals surface area contributed by atoms with Crippen molar-refractivity contribution in [1.82, 2.24) is 5.32 Å². The lowest BCUT2D eigenvalue weighted by Gasteiger charge is -2.23. The van der Waals surface area contributed by atoms with Crippen molar-refractivity contribution in [2.75, 3.05) is 18.1 Å². The van der Waals surface area contributed by atoms with E-state index in [-0.39, 0.29) is 17.4 Å². The van der Waals surface area contributed by atoms with Crippen molar-refractivity contribution in [2.24, 2.45) is 0 Å². The standard InChI is InChI=1S/C15H19NO4S/c1-3-9-20-13-6-4-12(5-7-13)14(17)16-15(2)8-10-21(18,19)11-15/h3-7H,1,8-11H2,2H3,(H,16,17). The lowest BCUT2D eigenvalue weighted by atomic mass is 10.0. The van der Waals surface area contributed by atoms with Crippen LogP contribution in [0.5, 0.6) is 5.75 Å². The summed E-state index contributed by atoms with van der Waals surface area (Å²) in [5.74, 6) is 0.496. The molecule has 21 heavy (non-hydrogen) atoms. The van der Waals surface area contributed by atoms with Crippen molar-refractivity contribution in [3.63, 3.8) is 0 Å². The van der Waals surface area contributed by atoms with Gasteiger partial charge in [-0.3, -0.25) is 4.79 Å². The molecule has 5 nitrogen and oxygen atoms in total. The maximum Gasteiger partial charge on any atom is 0.251 e. The Labute approximate surface area is 124 Å². The number of ether oxygens (including phenoxy) is 1. The van der Waals surface area contributed by atoms with Gasteiger partial charge in [0.15, 0.2) is 9.84 Å². The van der Waals surface area contributed by atoms with E-state index in [1.165, 1.54) is 0 Å². The summed E-state index contributed by atoms with van der Waals surface area (Å²) in [6, 6.07) is 6.71. The van der Waals surface area contributed by atoms with Gasteiger partial charge in [0.25, 0.3) is 5.91 Å². The number of sulfone groups is 1. The molecule has 1 fully saturated rings. The first kappa shape index (κ1) is 15.6. The Hall–Kier alpha value is -1.82. The van der Waals surface area contributed by atoms with Gasteiger partial charge in [0.2, 0.25) is 0 Å². The fourth-order valence-electron chi connectivity index (χ4n) is 2.31.